The summed E-state index contributed by atoms with van der Waals surface area (Å²) in [6.45, 7) is -0.0844. The summed E-state index contributed by atoms with van der Waals surface area (Å²) < 4.78 is 43.9. The van der Waals surface area contributed by atoms with Crippen molar-refractivity contribution >= 4 is 21.6 Å². The molecule has 0 unspecified atom stereocenters. The monoisotopic (exact) mass is 366 g/mol. The number of para-hydroxylation sites is 2. The highest BCUT2D eigenvalue weighted by Crippen LogP contribution is 2.21. The second kappa shape index (κ2) is 7.98. The first-order valence-electron chi connectivity index (χ1n) is 7.48. The van der Waals surface area contributed by atoms with E-state index in [9.17, 15) is 17.6 Å². The third-order valence-electron chi connectivity index (χ3n) is 3.47. The summed E-state index contributed by atoms with van der Waals surface area (Å²) in [4.78, 5) is 12.2. The zero-order valence-corrected chi connectivity index (χ0v) is 14.7. The van der Waals surface area contributed by atoms with Gasteiger partial charge in [-0.25, -0.2) is 12.8 Å². The van der Waals surface area contributed by atoms with Gasteiger partial charge in [0, 0.05) is 6.54 Å². The Labute approximate surface area is 146 Å². The molecule has 0 radical (unpaired) electrons. The quantitative estimate of drug-likeness (QED) is 0.814. The lowest BCUT2D eigenvalue weighted by molar-refractivity contribution is 0.0952. The molecule has 6 nitrogen and oxygen atoms in total. The van der Waals surface area contributed by atoms with Gasteiger partial charge in [0.1, 0.15) is 11.6 Å². The van der Waals surface area contributed by atoms with Crippen LogP contribution >= 0.6 is 0 Å². The molecule has 0 saturated heterocycles. The Kier molecular flexibility index (Phi) is 5.97. The Morgan fingerprint density at radius 3 is 2.44 bits per heavy atom. The number of nitrogens with zero attached hydrogens (tertiary/aromatic N) is 1. The summed E-state index contributed by atoms with van der Waals surface area (Å²) >= 11 is 0. The Morgan fingerprint density at radius 1 is 1.16 bits per heavy atom. The maximum atomic E-state index is 13.9. The van der Waals surface area contributed by atoms with E-state index in [2.05, 4.69) is 5.32 Å². The number of hydrogen-bond donors (Lipinski definition) is 1. The topological polar surface area (TPSA) is 75.7 Å². The Morgan fingerprint density at radius 2 is 1.80 bits per heavy atom. The first kappa shape index (κ1) is 18.7. The summed E-state index contributed by atoms with van der Waals surface area (Å²) in [5.74, 6) is -0.641. The summed E-state index contributed by atoms with van der Waals surface area (Å²) in [6.07, 6.45) is 0.988. The van der Waals surface area contributed by atoms with Gasteiger partial charge < -0.3 is 10.1 Å². The number of methoxy groups -OCH3 is 1. The molecule has 0 aliphatic rings. The van der Waals surface area contributed by atoms with Gasteiger partial charge in [0.2, 0.25) is 10.0 Å². The number of benzene rings is 2. The number of ether oxygens (including phenoxy) is 1. The largest absolute Gasteiger partial charge is 0.496 e. The molecule has 0 atom stereocenters. The molecule has 0 spiro atoms. The van der Waals surface area contributed by atoms with E-state index in [0.29, 0.717) is 11.3 Å². The van der Waals surface area contributed by atoms with Gasteiger partial charge in [0.05, 0.1) is 31.2 Å². The first-order chi connectivity index (χ1) is 11.8. The standard InChI is InChI=1S/C17H19FN2O4S/c1-24-16-10-6-3-7-13(16)17(21)19-11-12-20(25(2,22)23)15-9-5-4-8-14(15)18/h3-10H,11-12H2,1-2H3,(H,19,21). The van der Waals surface area contributed by atoms with Crippen molar-refractivity contribution in [1.82, 2.24) is 5.32 Å². The summed E-state index contributed by atoms with van der Waals surface area (Å²) in [6, 6.07) is 12.3. The van der Waals surface area contributed by atoms with Crippen LogP contribution < -0.4 is 14.4 Å². The number of sulfonamides is 1. The van der Waals surface area contributed by atoms with Crippen molar-refractivity contribution in [3.8, 4) is 5.75 Å². The number of carbonyl (C=O) groups is 1. The lowest BCUT2D eigenvalue weighted by Crippen LogP contribution is -2.38. The molecule has 0 bridgehead atoms. The fourth-order valence-corrected chi connectivity index (χ4v) is 3.25. The highest BCUT2D eigenvalue weighted by atomic mass is 32.2. The number of halogens is 1. The zero-order valence-electron chi connectivity index (χ0n) is 13.9. The molecule has 134 valence electrons. The zero-order chi connectivity index (χ0) is 18.4. The van der Waals surface area contributed by atoms with Crippen LogP contribution in [0.15, 0.2) is 48.5 Å². The first-order valence-corrected chi connectivity index (χ1v) is 9.33. The fraction of sp³-hybridized carbons (Fsp3) is 0.235. The smallest absolute Gasteiger partial charge is 0.255 e. The van der Waals surface area contributed by atoms with Crippen LogP contribution in [0.5, 0.6) is 5.75 Å². The average molecular weight is 366 g/mol. The molecule has 25 heavy (non-hydrogen) atoms. The summed E-state index contributed by atoms with van der Waals surface area (Å²) in [5, 5.41) is 2.62. The molecular weight excluding hydrogens is 347 g/mol. The molecule has 0 heterocycles. The van der Waals surface area contributed by atoms with E-state index in [1.165, 1.54) is 25.3 Å². The van der Waals surface area contributed by atoms with E-state index in [0.717, 1.165) is 10.6 Å². The van der Waals surface area contributed by atoms with Gasteiger partial charge in [-0.2, -0.15) is 0 Å². The van der Waals surface area contributed by atoms with Gasteiger partial charge in [-0.3, -0.25) is 9.10 Å². The van der Waals surface area contributed by atoms with E-state index in [1.54, 1.807) is 30.3 Å². The lowest BCUT2D eigenvalue weighted by atomic mass is 10.2. The SMILES string of the molecule is COc1ccccc1C(=O)NCCN(c1ccccc1F)S(C)(=O)=O. The minimum Gasteiger partial charge on any atom is -0.496 e. The third kappa shape index (κ3) is 4.69. The second-order valence-corrected chi connectivity index (χ2v) is 7.15. The Balaban J connectivity index is 2.10. The second-order valence-electron chi connectivity index (χ2n) is 5.24. The van der Waals surface area contributed by atoms with Gasteiger partial charge in [-0.1, -0.05) is 24.3 Å². The van der Waals surface area contributed by atoms with Crippen LogP contribution in [0.4, 0.5) is 10.1 Å². The normalized spacial score (nSPS) is 11.0. The van der Waals surface area contributed by atoms with E-state index < -0.39 is 21.7 Å². The molecule has 0 fully saturated rings. The number of nitrogens with one attached hydrogen (secondary N) is 1. The minimum atomic E-state index is -3.70. The third-order valence-corrected chi connectivity index (χ3v) is 4.65. The van der Waals surface area contributed by atoms with Crippen molar-refractivity contribution < 1.29 is 22.3 Å². The molecule has 8 heteroatoms. The maximum Gasteiger partial charge on any atom is 0.255 e. The highest BCUT2D eigenvalue weighted by molar-refractivity contribution is 7.92. The van der Waals surface area contributed by atoms with Crippen molar-refractivity contribution in [3.63, 3.8) is 0 Å². The van der Waals surface area contributed by atoms with Gasteiger partial charge in [0.25, 0.3) is 5.91 Å². The van der Waals surface area contributed by atoms with E-state index in [4.69, 9.17) is 4.74 Å². The van der Waals surface area contributed by atoms with Crippen molar-refractivity contribution in [2.45, 2.75) is 0 Å². The molecule has 0 aromatic heterocycles. The highest BCUT2D eigenvalue weighted by Gasteiger charge is 2.20. The fourth-order valence-electron chi connectivity index (χ4n) is 2.32. The number of hydrogen-bond acceptors (Lipinski definition) is 4. The van der Waals surface area contributed by atoms with Crippen LogP contribution in [-0.2, 0) is 10.0 Å². The van der Waals surface area contributed by atoms with Crippen molar-refractivity contribution in [3.05, 3.63) is 59.9 Å². The molecular formula is C17H19FN2O4S. The van der Waals surface area contributed by atoms with Crippen LogP contribution in [0, 0.1) is 5.82 Å². The van der Waals surface area contributed by atoms with Crippen molar-refractivity contribution in [2.75, 3.05) is 30.8 Å². The number of rotatable bonds is 7. The number of carbonyl (C=O) groups excluding carboxylic acids is 1. The van der Waals surface area contributed by atoms with Crippen LogP contribution in [-0.4, -0.2) is 40.8 Å². The lowest BCUT2D eigenvalue weighted by Gasteiger charge is -2.23. The summed E-state index contributed by atoms with van der Waals surface area (Å²) in [5.41, 5.74) is 0.276. The molecule has 2 aromatic rings. The van der Waals surface area contributed by atoms with Crippen molar-refractivity contribution in [1.29, 1.82) is 0 Å². The molecule has 2 rings (SSSR count). The molecule has 0 saturated carbocycles. The molecule has 1 amide bonds. The van der Waals surface area contributed by atoms with Crippen LogP contribution in [0.1, 0.15) is 10.4 Å². The molecule has 1 N–H and O–H groups in total. The van der Waals surface area contributed by atoms with Gasteiger partial charge in [0.15, 0.2) is 0 Å². The van der Waals surface area contributed by atoms with Crippen LogP contribution in [0.25, 0.3) is 0 Å². The van der Waals surface area contributed by atoms with E-state index in [-0.39, 0.29) is 18.8 Å². The molecule has 0 aliphatic heterocycles. The van der Waals surface area contributed by atoms with Crippen LogP contribution in [0.2, 0.25) is 0 Å². The molecule has 2 aromatic carbocycles. The number of amides is 1. The Bertz CT molecular complexity index is 855. The Hall–Kier alpha value is -2.61. The minimum absolute atomic E-state index is 0.0122. The van der Waals surface area contributed by atoms with Gasteiger partial charge in [-0.15, -0.1) is 0 Å². The van der Waals surface area contributed by atoms with Crippen molar-refractivity contribution in [2.24, 2.45) is 0 Å². The van der Waals surface area contributed by atoms with Gasteiger partial charge in [-0.05, 0) is 24.3 Å². The number of anilines is 1. The summed E-state index contributed by atoms with van der Waals surface area (Å²) in [7, 11) is -2.24. The van der Waals surface area contributed by atoms with E-state index in [1.807, 2.05) is 0 Å². The average Bonchev–Trinajstić information content (AvgIpc) is 2.58. The van der Waals surface area contributed by atoms with Gasteiger partial charge >= 0.3 is 0 Å². The predicted octanol–water partition coefficient (Wildman–Crippen LogP) is 2.03. The van der Waals surface area contributed by atoms with E-state index >= 15 is 0 Å². The maximum absolute atomic E-state index is 13.9. The van der Waals surface area contributed by atoms with Crippen LogP contribution in [0.3, 0.4) is 0 Å². The molecule has 0 aliphatic carbocycles. The predicted molar refractivity (Wildman–Crippen MR) is 93.9 cm³/mol.